The summed E-state index contributed by atoms with van der Waals surface area (Å²) >= 11 is 0. The van der Waals surface area contributed by atoms with Crippen molar-refractivity contribution in [3.05, 3.63) is 59.7 Å². The predicted molar refractivity (Wildman–Crippen MR) is 176 cm³/mol. The third-order valence-electron chi connectivity index (χ3n) is 7.72. The number of fused-ring (bicyclic) bond motifs is 3. The second-order valence-corrected chi connectivity index (χ2v) is 11.4. The van der Waals surface area contributed by atoms with Crippen molar-refractivity contribution in [3.8, 4) is 5.75 Å². The maximum absolute atomic E-state index is 14.6. The van der Waals surface area contributed by atoms with E-state index in [0.29, 0.717) is 49.4 Å². The molecule has 0 aliphatic carbocycles. The fraction of sp³-hybridized carbons (Fsp3) is 0.471. The first kappa shape index (κ1) is 34.6. The van der Waals surface area contributed by atoms with Crippen molar-refractivity contribution in [2.45, 2.75) is 59.7 Å². The molecule has 248 valence electrons. The number of carbonyl (C=O) groups is 2. The summed E-state index contributed by atoms with van der Waals surface area (Å²) in [6.07, 6.45) is 0.909. The van der Waals surface area contributed by atoms with Crippen LogP contribution in [0.4, 0.5) is 10.2 Å². The smallest absolute Gasteiger partial charge is 0.344 e. The molecule has 46 heavy (non-hydrogen) atoms. The SMILES string of the molecule is CCN(CC)CC(=O)N(CCCn1c(CCOC)nc2c(N)nc3ccccc3c21)Cc1ccc(F)c(OCC(=O)OC(C)C)c1. The third-order valence-corrected chi connectivity index (χ3v) is 7.72. The summed E-state index contributed by atoms with van der Waals surface area (Å²) in [5.74, 6) is -0.0882. The van der Waals surface area contributed by atoms with Gasteiger partial charge in [0.15, 0.2) is 24.0 Å². The Balaban J connectivity index is 1.58. The van der Waals surface area contributed by atoms with Crippen LogP contribution < -0.4 is 10.5 Å². The number of hydrogen-bond acceptors (Lipinski definition) is 9. The number of halogens is 1. The van der Waals surface area contributed by atoms with E-state index in [2.05, 4.69) is 14.5 Å². The van der Waals surface area contributed by atoms with Crippen LogP contribution >= 0.6 is 0 Å². The Labute approximate surface area is 269 Å². The summed E-state index contributed by atoms with van der Waals surface area (Å²) in [4.78, 5) is 38.9. The molecule has 1 amide bonds. The van der Waals surface area contributed by atoms with Gasteiger partial charge in [0.25, 0.3) is 0 Å². The molecule has 0 spiro atoms. The minimum Gasteiger partial charge on any atom is -0.479 e. The van der Waals surface area contributed by atoms with Crippen LogP contribution in [0.25, 0.3) is 21.9 Å². The van der Waals surface area contributed by atoms with E-state index >= 15 is 0 Å². The number of likely N-dealkylation sites (N-methyl/N-ethyl adjacent to an activating group) is 1. The van der Waals surface area contributed by atoms with E-state index in [9.17, 15) is 14.0 Å². The summed E-state index contributed by atoms with van der Waals surface area (Å²) in [7, 11) is 1.65. The number of rotatable bonds is 17. The van der Waals surface area contributed by atoms with Crippen molar-refractivity contribution in [2.24, 2.45) is 0 Å². The highest BCUT2D eigenvalue weighted by Crippen LogP contribution is 2.29. The molecule has 2 aromatic heterocycles. The number of nitrogen functional groups attached to an aromatic ring is 1. The molecule has 0 saturated carbocycles. The number of imidazole rings is 1. The van der Waals surface area contributed by atoms with Crippen molar-refractivity contribution in [3.63, 3.8) is 0 Å². The molecule has 0 radical (unpaired) electrons. The number of anilines is 1. The van der Waals surface area contributed by atoms with Crippen molar-refractivity contribution >= 4 is 39.6 Å². The number of pyridine rings is 1. The van der Waals surface area contributed by atoms with Crippen molar-refractivity contribution < 1.29 is 28.2 Å². The van der Waals surface area contributed by atoms with Crippen molar-refractivity contribution in [1.82, 2.24) is 24.3 Å². The van der Waals surface area contributed by atoms with Crippen LogP contribution in [-0.4, -0.2) is 88.8 Å². The van der Waals surface area contributed by atoms with Gasteiger partial charge in [0.05, 0.1) is 30.3 Å². The van der Waals surface area contributed by atoms with E-state index in [4.69, 9.17) is 24.9 Å². The number of para-hydroxylation sites is 1. The molecule has 0 unspecified atom stereocenters. The molecule has 4 aromatic rings. The second-order valence-electron chi connectivity index (χ2n) is 11.4. The van der Waals surface area contributed by atoms with Gasteiger partial charge in [-0.15, -0.1) is 0 Å². The van der Waals surface area contributed by atoms with Gasteiger partial charge < -0.3 is 29.4 Å². The van der Waals surface area contributed by atoms with Crippen LogP contribution in [0, 0.1) is 5.82 Å². The number of benzene rings is 2. The summed E-state index contributed by atoms with van der Waals surface area (Å²) in [5.41, 5.74) is 9.38. The standard InChI is InChI=1S/C34H45FN6O5/c1-6-39(7-2)21-30(42)40(20-24-13-14-26(35)28(19-24)45-22-31(43)46-23(3)4)16-10-17-41-29(15-18-44-5)38-32-33(41)25-11-8-9-12-27(25)37-34(32)36/h8-9,11-14,19,23H,6-7,10,15-18,20-22H2,1-5H3,(H2,36,37). The van der Waals surface area contributed by atoms with Crippen LogP contribution in [0.2, 0.25) is 0 Å². The zero-order valence-corrected chi connectivity index (χ0v) is 27.4. The van der Waals surface area contributed by atoms with E-state index in [1.54, 1.807) is 31.9 Å². The minimum atomic E-state index is -0.598. The molecular weight excluding hydrogens is 591 g/mol. The number of nitrogens with zero attached hydrogens (tertiary/aromatic N) is 5. The largest absolute Gasteiger partial charge is 0.479 e. The Hall–Kier alpha value is -4.29. The zero-order valence-electron chi connectivity index (χ0n) is 27.4. The molecule has 12 heteroatoms. The van der Waals surface area contributed by atoms with Crippen molar-refractivity contribution in [1.29, 1.82) is 0 Å². The normalized spacial score (nSPS) is 11.6. The lowest BCUT2D eigenvalue weighted by Gasteiger charge is -2.27. The molecule has 2 heterocycles. The number of aryl methyl sites for hydroxylation is 1. The Morgan fingerprint density at radius 2 is 1.85 bits per heavy atom. The molecular formula is C34H45FN6O5. The maximum Gasteiger partial charge on any atom is 0.344 e. The Kier molecular flexibility index (Phi) is 12.3. The van der Waals surface area contributed by atoms with E-state index < -0.39 is 18.4 Å². The monoisotopic (exact) mass is 636 g/mol. The number of ether oxygens (including phenoxy) is 3. The van der Waals surface area contributed by atoms with Crippen LogP contribution in [0.5, 0.6) is 5.75 Å². The first-order valence-corrected chi connectivity index (χ1v) is 15.8. The predicted octanol–water partition coefficient (Wildman–Crippen LogP) is 4.59. The molecule has 0 aliphatic rings. The molecule has 0 aliphatic heterocycles. The zero-order chi connectivity index (χ0) is 33.2. The van der Waals surface area contributed by atoms with Gasteiger partial charge in [-0.3, -0.25) is 9.69 Å². The molecule has 11 nitrogen and oxygen atoms in total. The number of nitrogens with two attached hydrogens (primary N) is 1. The number of hydrogen-bond donors (Lipinski definition) is 1. The third kappa shape index (κ3) is 8.70. The first-order valence-electron chi connectivity index (χ1n) is 15.8. The highest BCUT2D eigenvalue weighted by Gasteiger charge is 2.21. The highest BCUT2D eigenvalue weighted by atomic mass is 19.1. The van der Waals surface area contributed by atoms with E-state index in [0.717, 1.165) is 35.3 Å². The van der Waals surface area contributed by atoms with Gasteiger partial charge in [-0.1, -0.05) is 38.1 Å². The lowest BCUT2D eigenvalue weighted by Crippen LogP contribution is -2.40. The molecule has 4 rings (SSSR count). The van der Waals surface area contributed by atoms with Crippen molar-refractivity contribution in [2.75, 3.05) is 52.2 Å². The lowest BCUT2D eigenvalue weighted by molar-refractivity contribution is -0.149. The first-order chi connectivity index (χ1) is 22.1. The number of esters is 1. The Bertz CT molecular complexity index is 1640. The summed E-state index contributed by atoms with van der Waals surface area (Å²) < 4.78 is 32.6. The van der Waals surface area contributed by atoms with Gasteiger partial charge in [-0.2, -0.15) is 0 Å². The fourth-order valence-corrected chi connectivity index (χ4v) is 5.39. The topological polar surface area (TPSA) is 125 Å². The lowest BCUT2D eigenvalue weighted by atomic mass is 10.1. The van der Waals surface area contributed by atoms with Crippen LogP contribution in [0.15, 0.2) is 42.5 Å². The maximum atomic E-state index is 14.6. The van der Waals surface area contributed by atoms with Gasteiger partial charge >= 0.3 is 5.97 Å². The molecule has 0 atom stereocenters. The minimum absolute atomic E-state index is 0.0370. The highest BCUT2D eigenvalue weighted by molar-refractivity contribution is 6.06. The Morgan fingerprint density at radius 1 is 1.09 bits per heavy atom. The molecule has 0 bridgehead atoms. The molecule has 2 aromatic carbocycles. The van der Waals surface area contributed by atoms with Gasteiger partial charge in [-0.25, -0.2) is 19.2 Å². The van der Waals surface area contributed by atoms with Crippen LogP contribution in [0.1, 0.15) is 45.5 Å². The second kappa shape index (κ2) is 16.3. The molecule has 0 fully saturated rings. The van der Waals surface area contributed by atoms with E-state index in [1.165, 1.54) is 12.1 Å². The number of aromatic nitrogens is 3. The summed E-state index contributed by atoms with van der Waals surface area (Å²) in [6.45, 7) is 10.6. The van der Waals surface area contributed by atoms with Gasteiger partial charge in [0.2, 0.25) is 5.91 Å². The van der Waals surface area contributed by atoms with Crippen LogP contribution in [-0.2, 0) is 38.6 Å². The molecule has 0 saturated heterocycles. The molecule has 2 N–H and O–H groups in total. The quantitative estimate of drug-likeness (QED) is 0.166. The van der Waals surface area contributed by atoms with E-state index in [1.807, 2.05) is 38.1 Å². The summed E-state index contributed by atoms with van der Waals surface area (Å²) in [6, 6.07) is 12.3. The van der Waals surface area contributed by atoms with E-state index in [-0.39, 0.29) is 30.9 Å². The van der Waals surface area contributed by atoms with Gasteiger partial charge in [-0.05, 0) is 57.1 Å². The van der Waals surface area contributed by atoms with Gasteiger partial charge in [0, 0.05) is 38.6 Å². The fourth-order valence-electron chi connectivity index (χ4n) is 5.39. The Morgan fingerprint density at radius 3 is 2.57 bits per heavy atom. The number of methoxy groups -OCH3 is 1. The average molecular weight is 637 g/mol. The average Bonchev–Trinajstić information content (AvgIpc) is 3.40. The summed E-state index contributed by atoms with van der Waals surface area (Å²) in [5, 5.41) is 0.952. The number of carbonyl (C=O) groups excluding carboxylic acids is 2. The number of amides is 1. The van der Waals surface area contributed by atoms with Gasteiger partial charge in [0.1, 0.15) is 11.3 Å². The van der Waals surface area contributed by atoms with Crippen LogP contribution in [0.3, 0.4) is 0 Å².